The third kappa shape index (κ3) is 4.06. The summed E-state index contributed by atoms with van der Waals surface area (Å²) in [6.07, 6.45) is 0. The molecule has 25 heavy (non-hydrogen) atoms. The van der Waals surface area contributed by atoms with E-state index in [1.54, 1.807) is 17.0 Å². The normalized spacial score (nSPS) is 14.3. The number of benzene rings is 2. The van der Waals surface area contributed by atoms with Crippen molar-refractivity contribution in [3.63, 3.8) is 0 Å². The van der Waals surface area contributed by atoms with Gasteiger partial charge in [0.1, 0.15) is 0 Å². The number of rotatable bonds is 3. The van der Waals surface area contributed by atoms with Crippen LogP contribution in [0, 0.1) is 17.0 Å². The van der Waals surface area contributed by atoms with Crippen LogP contribution in [0.25, 0.3) is 0 Å². The second kappa shape index (κ2) is 7.21. The Hall–Kier alpha value is -3.09. The third-order valence-electron chi connectivity index (χ3n) is 4.30. The first kappa shape index (κ1) is 16.8. The van der Waals surface area contributed by atoms with E-state index in [1.807, 2.05) is 31.2 Å². The molecule has 3 rings (SSSR count). The van der Waals surface area contributed by atoms with Gasteiger partial charge in [-0.05, 0) is 31.2 Å². The molecule has 0 spiro atoms. The topological polar surface area (TPSA) is 78.7 Å². The molecule has 0 unspecified atom stereocenters. The smallest absolute Gasteiger partial charge is 0.321 e. The number of carbonyl (C=O) groups is 1. The first-order chi connectivity index (χ1) is 12.0. The number of carbonyl (C=O) groups excluding carboxylic acids is 1. The molecule has 0 atom stereocenters. The number of piperazine rings is 1. The van der Waals surface area contributed by atoms with Crippen molar-refractivity contribution in [2.45, 2.75) is 6.92 Å². The quantitative estimate of drug-likeness (QED) is 0.687. The molecule has 7 heteroatoms. The van der Waals surface area contributed by atoms with Gasteiger partial charge >= 0.3 is 6.03 Å². The Morgan fingerprint density at radius 1 is 1.00 bits per heavy atom. The van der Waals surface area contributed by atoms with Gasteiger partial charge in [-0.2, -0.15) is 0 Å². The number of nitrogens with one attached hydrogen (secondary N) is 1. The summed E-state index contributed by atoms with van der Waals surface area (Å²) in [7, 11) is 0. The first-order valence-corrected chi connectivity index (χ1v) is 8.15. The monoisotopic (exact) mass is 340 g/mol. The molecule has 1 heterocycles. The standard InChI is InChI=1S/C18H20N4O3/c1-14-2-4-15(5-3-14)19-18(23)21-12-10-20(11-13-21)16-6-8-17(9-7-16)22(24)25/h2-9H,10-13H2,1H3,(H,19,23). The van der Waals surface area contributed by atoms with Gasteiger partial charge in [-0.1, -0.05) is 17.7 Å². The number of hydrogen-bond acceptors (Lipinski definition) is 4. The van der Waals surface area contributed by atoms with E-state index in [0.717, 1.165) is 16.9 Å². The highest BCUT2D eigenvalue weighted by Gasteiger charge is 2.21. The molecule has 1 N–H and O–H groups in total. The largest absolute Gasteiger partial charge is 0.368 e. The highest BCUT2D eigenvalue weighted by molar-refractivity contribution is 5.89. The first-order valence-electron chi connectivity index (χ1n) is 8.15. The Morgan fingerprint density at radius 3 is 2.16 bits per heavy atom. The molecular weight excluding hydrogens is 320 g/mol. The maximum absolute atomic E-state index is 12.3. The van der Waals surface area contributed by atoms with E-state index in [9.17, 15) is 14.9 Å². The van der Waals surface area contributed by atoms with Gasteiger partial charge in [-0.15, -0.1) is 0 Å². The van der Waals surface area contributed by atoms with Crippen LogP contribution in [0.5, 0.6) is 0 Å². The van der Waals surface area contributed by atoms with Crippen LogP contribution in [0.3, 0.4) is 0 Å². The van der Waals surface area contributed by atoms with E-state index in [2.05, 4.69) is 10.2 Å². The van der Waals surface area contributed by atoms with Gasteiger partial charge in [0.2, 0.25) is 0 Å². The fourth-order valence-corrected chi connectivity index (χ4v) is 2.79. The van der Waals surface area contributed by atoms with Crippen LogP contribution in [0.1, 0.15) is 5.56 Å². The van der Waals surface area contributed by atoms with Crippen LogP contribution in [0.15, 0.2) is 48.5 Å². The van der Waals surface area contributed by atoms with Crippen LogP contribution in [0.4, 0.5) is 21.9 Å². The van der Waals surface area contributed by atoms with Crippen molar-refractivity contribution in [3.05, 3.63) is 64.2 Å². The fraction of sp³-hybridized carbons (Fsp3) is 0.278. The molecule has 1 fully saturated rings. The lowest BCUT2D eigenvalue weighted by atomic mass is 10.2. The number of hydrogen-bond donors (Lipinski definition) is 1. The van der Waals surface area contributed by atoms with Crippen molar-refractivity contribution >= 4 is 23.1 Å². The van der Waals surface area contributed by atoms with Gasteiger partial charge in [0, 0.05) is 49.7 Å². The van der Waals surface area contributed by atoms with E-state index in [4.69, 9.17) is 0 Å². The average molecular weight is 340 g/mol. The zero-order chi connectivity index (χ0) is 17.8. The van der Waals surface area contributed by atoms with Gasteiger partial charge < -0.3 is 15.1 Å². The molecule has 2 aromatic carbocycles. The van der Waals surface area contributed by atoms with E-state index >= 15 is 0 Å². The Bertz CT molecular complexity index is 751. The summed E-state index contributed by atoms with van der Waals surface area (Å²) in [4.78, 5) is 26.6. The molecule has 1 aliphatic heterocycles. The maximum Gasteiger partial charge on any atom is 0.321 e. The number of non-ortho nitro benzene ring substituents is 1. The lowest BCUT2D eigenvalue weighted by Gasteiger charge is -2.36. The molecule has 130 valence electrons. The van der Waals surface area contributed by atoms with Crippen molar-refractivity contribution in [2.24, 2.45) is 0 Å². The minimum absolute atomic E-state index is 0.0832. The number of urea groups is 1. The zero-order valence-electron chi connectivity index (χ0n) is 14.0. The molecule has 0 aromatic heterocycles. The molecular formula is C18H20N4O3. The predicted octanol–water partition coefficient (Wildman–Crippen LogP) is 3.26. The van der Waals surface area contributed by atoms with E-state index in [-0.39, 0.29) is 11.7 Å². The highest BCUT2D eigenvalue weighted by atomic mass is 16.6. The number of nitro benzene ring substituents is 1. The third-order valence-corrected chi connectivity index (χ3v) is 4.30. The SMILES string of the molecule is Cc1ccc(NC(=O)N2CCN(c3ccc([N+](=O)[O-])cc3)CC2)cc1. The van der Waals surface area contributed by atoms with Crippen molar-refractivity contribution in [3.8, 4) is 0 Å². The van der Waals surface area contributed by atoms with Crippen LogP contribution in [-0.4, -0.2) is 42.0 Å². The van der Waals surface area contributed by atoms with Crippen molar-refractivity contribution in [1.82, 2.24) is 4.90 Å². The van der Waals surface area contributed by atoms with E-state index in [0.29, 0.717) is 26.2 Å². The van der Waals surface area contributed by atoms with Crippen LogP contribution in [0.2, 0.25) is 0 Å². The second-order valence-corrected chi connectivity index (χ2v) is 6.04. The van der Waals surface area contributed by atoms with Gasteiger partial charge in [0.25, 0.3) is 5.69 Å². The molecule has 0 bridgehead atoms. The molecule has 2 amide bonds. The molecule has 0 radical (unpaired) electrons. The summed E-state index contributed by atoms with van der Waals surface area (Å²) in [6.45, 7) is 4.60. The molecule has 1 aliphatic rings. The fourth-order valence-electron chi connectivity index (χ4n) is 2.79. The van der Waals surface area contributed by atoms with Crippen molar-refractivity contribution in [1.29, 1.82) is 0 Å². The number of amides is 2. The van der Waals surface area contributed by atoms with Gasteiger partial charge in [0.15, 0.2) is 0 Å². The Labute approximate surface area is 146 Å². The summed E-state index contributed by atoms with van der Waals surface area (Å²) >= 11 is 0. The maximum atomic E-state index is 12.3. The highest BCUT2D eigenvalue weighted by Crippen LogP contribution is 2.21. The molecule has 1 saturated heterocycles. The summed E-state index contributed by atoms with van der Waals surface area (Å²) in [5.41, 5.74) is 2.95. The van der Waals surface area contributed by atoms with Crippen LogP contribution in [-0.2, 0) is 0 Å². The Kier molecular flexibility index (Phi) is 4.83. The summed E-state index contributed by atoms with van der Waals surface area (Å²) < 4.78 is 0. The summed E-state index contributed by atoms with van der Waals surface area (Å²) in [5.74, 6) is 0. The van der Waals surface area contributed by atoms with Crippen molar-refractivity contribution < 1.29 is 9.72 Å². The van der Waals surface area contributed by atoms with Crippen LogP contribution < -0.4 is 10.2 Å². The number of nitro groups is 1. The minimum Gasteiger partial charge on any atom is -0.368 e. The van der Waals surface area contributed by atoms with Gasteiger partial charge in [-0.3, -0.25) is 10.1 Å². The molecule has 0 aliphatic carbocycles. The van der Waals surface area contributed by atoms with E-state index < -0.39 is 4.92 Å². The number of aryl methyl sites for hydroxylation is 1. The zero-order valence-corrected chi connectivity index (χ0v) is 14.0. The minimum atomic E-state index is -0.406. The van der Waals surface area contributed by atoms with Gasteiger partial charge in [-0.25, -0.2) is 4.79 Å². The van der Waals surface area contributed by atoms with E-state index in [1.165, 1.54) is 12.1 Å². The average Bonchev–Trinajstić information content (AvgIpc) is 2.64. The number of nitrogens with zero attached hydrogens (tertiary/aromatic N) is 3. The Balaban J connectivity index is 1.55. The molecule has 7 nitrogen and oxygen atoms in total. The number of anilines is 2. The van der Waals surface area contributed by atoms with Crippen molar-refractivity contribution in [2.75, 3.05) is 36.4 Å². The summed E-state index contributed by atoms with van der Waals surface area (Å²) in [5, 5.41) is 13.6. The predicted molar refractivity (Wildman–Crippen MR) is 97.1 cm³/mol. The lowest BCUT2D eigenvalue weighted by Crippen LogP contribution is -2.50. The second-order valence-electron chi connectivity index (χ2n) is 6.04. The Morgan fingerprint density at radius 2 is 1.60 bits per heavy atom. The molecule has 2 aromatic rings. The summed E-state index contributed by atoms with van der Waals surface area (Å²) in [6, 6.07) is 14.1. The van der Waals surface area contributed by atoms with Gasteiger partial charge in [0.05, 0.1) is 4.92 Å². The van der Waals surface area contributed by atoms with Crippen LogP contribution >= 0.6 is 0 Å². The molecule has 0 saturated carbocycles. The lowest BCUT2D eigenvalue weighted by molar-refractivity contribution is -0.384.